The first-order valence-electron chi connectivity index (χ1n) is 8.47. The predicted octanol–water partition coefficient (Wildman–Crippen LogP) is 3.61. The van der Waals surface area contributed by atoms with Crippen molar-refractivity contribution in [1.82, 2.24) is 15.2 Å². The van der Waals surface area contributed by atoms with Crippen molar-refractivity contribution in [3.8, 4) is 5.75 Å². The van der Waals surface area contributed by atoms with Gasteiger partial charge in [0.05, 0.1) is 5.56 Å². The van der Waals surface area contributed by atoms with Gasteiger partial charge in [-0.3, -0.25) is 5.10 Å². The number of aromatic carboxylic acids is 1. The Bertz CT molecular complexity index is 1040. The lowest BCUT2D eigenvalue weighted by molar-refractivity contribution is -0.131. The Morgan fingerprint density at radius 1 is 1.10 bits per heavy atom. The fourth-order valence-corrected chi connectivity index (χ4v) is 3.08. The Morgan fingerprint density at radius 3 is 2.34 bits per heavy atom. The summed E-state index contributed by atoms with van der Waals surface area (Å²) in [6.07, 6.45) is 1.53. The summed E-state index contributed by atoms with van der Waals surface area (Å²) in [6.45, 7) is 2.02. The molecular formula is C20H17N3O5S. The Morgan fingerprint density at radius 2 is 1.79 bits per heavy atom. The predicted molar refractivity (Wildman–Crippen MR) is 107 cm³/mol. The lowest BCUT2D eigenvalue weighted by Gasteiger charge is -2.07. The molecule has 148 valence electrons. The number of aromatic amines is 1. The number of rotatable bonds is 8. The zero-order valence-electron chi connectivity index (χ0n) is 15.3. The molecule has 29 heavy (non-hydrogen) atoms. The van der Waals surface area contributed by atoms with Crippen molar-refractivity contribution < 1.29 is 24.5 Å². The number of aryl methyl sites for hydroxylation is 1. The first-order valence-corrected chi connectivity index (χ1v) is 9.29. The van der Waals surface area contributed by atoms with Gasteiger partial charge in [-0.05, 0) is 60.2 Å². The largest absolute Gasteiger partial charge is 0.489 e. The minimum atomic E-state index is -1.07. The highest BCUT2D eigenvalue weighted by molar-refractivity contribution is 8.04. The summed E-state index contributed by atoms with van der Waals surface area (Å²) in [4.78, 5) is 26.5. The van der Waals surface area contributed by atoms with Gasteiger partial charge in [-0.2, -0.15) is 0 Å². The van der Waals surface area contributed by atoms with E-state index in [4.69, 9.17) is 9.84 Å². The van der Waals surface area contributed by atoms with E-state index in [0.717, 1.165) is 17.3 Å². The number of thioether (sulfide) groups is 1. The third-order valence-corrected chi connectivity index (χ3v) is 4.65. The average Bonchev–Trinajstić information content (AvgIpc) is 3.12. The maximum Gasteiger partial charge on any atom is 0.342 e. The van der Waals surface area contributed by atoms with E-state index in [2.05, 4.69) is 15.2 Å². The van der Waals surface area contributed by atoms with Gasteiger partial charge < -0.3 is 14.9 Å². The average molecular weight is 411 g/mol. The molecule has 1 aromatic heterocycles. The van der Waals surface area contributed by atoms with Crippen LogP contribution in [0.4, 0.5) is 0 Å². The van der Waals surface area contributed by atoms with Crippen molar-refractivity contribution in [3.05, 3.63) is 76.0 Å². The number of nitrogens with one attached hydrogen (secondary N) is 1. The monoisotopic (exact) mass is 411 g/mol. The molecule has 0 saturated carbocycles. The lowest BCUT2D eigenvalue weighted by Crippen LogP contribution is -1.99. The molecular weight excluding hydrogens is 394 g/mol. The molecule has 0 spiro atoms. The third kappa shape index (κ3) is 5.69. The number of nitrogens with zero attached hydrogens (tertiary/aromatic N) is 2. The lowest BCUT2D eigenvalue weighted by atomic mass is 10.1. The molecule has 3 rings (SSSR count). The number of carboxylic acids is 2. The highest BCUT2D eigenvalue weighted by atomic mass is 32.2. The smallest absolute Gasteiger partial charge is 0.342 e. The highest BCUT2D eigenvalue weighted by Gasteiger charge is 2.13. The minimum absolute atomic E-state index is 0.0937. The van der Waals surface area contributed by atoms with E-state index in [0.29, 0.717) is 22.3 Å². The molecule has 0 aliphatic rings. The minimum Gasteiger partial charge on any atom is -0.489 e. The molecule has 0 radical (unpaired) electrons. The Balaban J connectivity index is 1.64. The second-order valence-corrected chi connectivity index (χ2v) is 6.99. The van der Waals surface area contributed by atoms with Gasteiger partial charge in [0.15, 0.2) is 0 Å². The number of H-pyrrole nitrogens is 1. The molecule has 8 nitrogen and oxygen atoms in total. The highest BCUT2D eigenvalue weighted by Crippen LogP contribution is 2.26. The summed E-state index contributed by atoms with van der Waals surface area (Å²) in [5.41, 5.74) is 1.75. The van der Waals surface area contributed by atoms with Crippen molar-refractivity contribution in [2.45, 2.75) is 18.7 Å². The number of aromatic nitrogens is 3. The summed E-state index contributed by atoms with van der Waals surface area (Å²) >= 11 is 0.962. The second-order valence-electron chi connectivity index (χ2n) is 5.98. The first-order chi connectivity index (χ1) is 13.9. The Kier molecular flexibility index (Phi) is 6.30. The van der Waals surface area contributed by atoms with Gasteiger partial charge >= 0.3 is 11.9 Å². The second kappa shape index (κ2) is 9.07. The van der Waals surface area contributed by atoms with Gasteiger partial charge in [-0.1, -0.05) is 24.3 Å². The van der Waals surface area contributed by atoms with Crippen molar-refractivity contribution in [1.29, 1.82) is 0 Å². The van der Waals surface area contributed by atoms with Crippen molar-refractivity contribution >= 4 is 29.8 Å². The van der Waals surface area contributed by atoms with Crippen LogP contribution in [0, 0.1) is 6.92 Å². The SMILES string of the molecule is Cc1nc(S/C(=C/c2ccc(OCc3ccc(C(=O)O)cc3)cc2)C(=O)O)n[nH]1. The fourth-order valence-electron chi connectivity index (χ4n) is 2.32. The summed E-state index contributed by atoms with van der Waals surface area (Å²) in [7, 11) is 0. The molecule has 0 aliphatic heterocycles. The standard InChI is InChI=1S/C20H17N3O5S/c1-12-21-20(23-22-12)29-17(19(26)27)10-13-4-8-16(9-5-13)28-11-14-2-6-15(7-3-14)18(24)25/h2-10H,11H2,1H3,(H,24,25)(H,26,27)(H,21,22,23)/b17-10+. The van der Waals surface area contributed by atoms with Crippen LogP contribution in [0.2, 0.25) is 0 Å². The molecule has 0 saturated heterocycles. The van der Waals surface area contributed by atoms with Gasteiger partial charge in [0.1, 0.15) is 23.1 Å². The van der Waals surface area contributed by atoms with Crippen LogP contribution in [0.15, 0.2) is 58.6 Å². The van der Waals surface area contributed by atoms with Crippen LogP contribution in [0.5, 0.6) is 5.75 Å². The molecule has 3 aromatic rings. The third-order valence-electron chi connectivity index (χ3n) is 3.77. The van der Waals surface area contributed by atoms with E-state index < -0.39 is 11.9 Å². The normalized spacial score (nSPS) is 11.3. The van der Waals surface area contributed by atoms with E-state index in [1.807, 2.05) is 0 Å². The molecule has 0 amide bonds. The molecule has 1 heterocycles. The quantitative estimate of drug-likeness (QED) is 0.379. The Hall–Kier alpha value is -3.59. The molecule has 9 heteroatoms. The number of carbonyl (C=O) groups is 2. The van der Waals surface area contributed by atoms with Crippen molar-refractivity contribution in [3.63, 3.8) is 0 Å². The number of aliphatic carboxylic acids is 1. The van der Waals surface area contributed by atoms with E-state index >= 15 is 0 Å². The summed E-state index contributed by atoms with van der Waals surface area (Å²) in [6, 6.07) is 13.4. The number of hydrogen-bond acceptors (Lipinski definition) is 6. The summed E-state index contributed by atoms with van der Waals surface area (Å²) in [5, 5.41) is 25.3. The molecule has 0 fully saturated rings. The van der Waals surface area contributed by atoms with Crippen LogP contribution in [-0.4, -0.2) is 37.3 Å². The number of hydrogen-bond donors (Lipinski definition) is 3. The molecule has 2 aromatic carbocycles. The number of ether oxygens (including phenoxy) is 1. The van der Waals surface area contributed by atoms with E-state index in [1.54, 1.807) is 43.3 Å². The van der Waals surface area contributed by atoms with Crippen LogP contribution < -0.4 is 4.74 Å². The molecule has 0 unspecified atom stereocenters. The van der Waals surface area contributed by atoms with Crippen molar-refractivity contribution in [2.75, 3.05) is 0 Å². The van der Waals surface area contributed by atoms with Gasteiger partial charge in [-0.25, -0.2) is 14.6 Å². The van der Waals surface area contributed by atoms with Crippen molar-refractivity contribution in [2.24, 2.45) is 0 Å². The summed E-state index contributed by atoms with van der Waals surface area (Å²) < 4.78 is 5.68. The van der Waals surface area contributed by atoms with E-state index in [1.165, 1.54) is 18.2 Å². The molecule has 0 bridgehead atoms. The van der Waals surface area contributed by atoms with Crippen LogP contribution in [0.1, 0.15) is 27.3 Å². The van der Waals surface area contributed by atoms with Gasteiger partial charge in [0.2, 0.25) is 5.16 Å². The first kappa shape index (κ1) is 20.2. The topological polar surface area (TPSA) is 125 Å². The van der Waals surface area contributed by atoms with Gasteiger partial charge in [-0.15, -0.1) is 5.10 Å². The molecule has 0 atom stereocenters. The van der Waals surface area contributed by atoms with E-state index in [-0.39, 0.29) is 17.1 Å². The zero-order chi connectivity index (χ0) is 20.8. The van der Waals surface area contributed by atoms with Crippen LogP contribution in [-0.2, 0) is 11.4 Å². The molecule has 3 N–H and O–H groups in total. The fraction of sp³-hybridized carbons (Fsp3) is 0.100. The number of benzene rings is 2. The van der Waals surface area contributed by atoms with Gasteiger partial charge in [0.25, 0.3) is 0 Å². The van der Waals surface area contributed by atoms with E-state index in [9.17, 15) is 14.7 Å². The zero-order valence-corrected chi connectivity index (χ0v) is 16.1. The van der Waals surface area contributed by atoms with Crippen LogP contribution in [0.25, 0.3) is 6.08 Å². The maximum absolute atomic E-state index is 11.5. The van der Waals surface area contributed by atoms with Gasteiger partial charge in [0, 0.05) is 0 Å². The molecule has 0 aliphatic carbocycles. The Labute approximate surface area is 170 Å². The summed E-state index contributed by atoms with van der Waals surface area (Å²) in [5.74, 6) is -0.823. The van der Waals surface area contributed by atoms with Crippen LogP contribution >= 0.6 is 11.8 Å². The maximum atomic E-state index is 11.5. The number of carboxylic acid groups (broad SMARTS) is 2. The van der Waals surface area contributed by atoms with Crippen LogP contribution in [0.3, 0.4) is 0 Å².